The van der Waals surface area contributed by atoms with Gasteiger partial charge in [0.1, 0.15) is 13.7 Å². The highest BCUT2D eigenvalue weighted by atomic mass is 19.1. The molecule has 0 amide bonds. The third kappa shape index (κ3) is 4.48. The summed E-state index contributed by atoms with van der Waals surface area (Å²) in [5.74, 6) is -0.324. The number of rotatable bonds is 1. The number of halogens is 1. The Morgan fingerprint density at radius 1 is 1.46 bits per heavy atom. The second kappa shape index (κ2) is 6.43. The van der Waals surface area contributed by atoms with E-state index in [4.69, 9.17) is 7.85 Å². The van der Waals surface area contributed by atoms with Crippen molar-refractivity contribution in [3.8, 4) is 0 Å². The average Bonchev–Trinajstić information content (AvgIpc) is 2.06. The number of hydrogen-bond donors (Lipinski definition) is 0. The van der Waals surface area contributed by atoms with E-state index in [1.54, 1.807) is 26.4 Å². The molecule has 2 radical (unpaired) electrons. The van der Waals surface area contributed by atoms with E-state index in [9.17, 15) is 4.39 Å². The van der Waals surface area contributed by atoms with E-state index in [2.05, 4.69) is 11.3 Å². The number of hydrogen-bond acceptors (Lipinski definition) is 1. The van der Waals surface area contributed by atoms with Crippen molar-refractivity contribution in [1.82, 2.24) is 0 Å². The lowest BCUT2D eigenvalue weighted by molar-refractivity contribution is 0.277. The molecule has 0 N–H and O–H groups in total. The van der Waals surface area contributed by atoms with E-state index in [0.29, 0.717) is 11.0 Å². The van der Waals surface area contributed by atoms with Gasteiger partial charge in [-0.3, -0.25) is 0 Å². The lowest BCUT2D eigenvalue weighted by Gasteiger charge is -1.96. The predicted molar refractivity (Wildman–Crippen MR) is 54.8 cm³/mol. The largest absolute Gasteiger partial charge is 0.388 e. The molecule has 0 saturated heterocycles. The van der Waals surface area contributed by atoms with Crippen molar-refractivity contribution in [3.63, 3.8) is 0 Å². The Kier molecular flexibility index (Phi) is 5.90. The highest BCUT2D eigenvalue weighted by molar-refractivity contribution is 6.32. The first-order valence-corrected chi connectivity index (χ1v) is 3.73. The van der Waals surface area contributed by atoms with Crippen LogP contribution in [-0.2, 0) is 4.74 Å². The van der Waals surface area contributed by atoms with Crippen LogP contribution in [0.4, 0.5) is 4.39 Å². The number of methoxy groups -OCH3 is 1. The molecule has 0 atom stereocenters. The second-order valence-electron chi connectivity index (χ2n) is 2.39. The quantitative estimate of drug-likeness (QED) is 0.592. The van der Waals surface area contributed by atoms with Gasteiger partial charge in [-0.15, -0.1) is 0 Å². The van der Waals surface area contributed by atoms with E-state index < -0.39 is 0 Å². The Morgan fingerprint density at radius 3 is 2.38 bits per heavy atom. The van der Waals surface area contributed by atoms with Gasteiger partial charge in [0.25, 0.3) is 0 Å². The molecule has 68 valence electrons. The van der Waals surface area contributed by atoms with Gasteiger partial charge < -0.3 is 4.74 Å². The third-order valence-corrected chi connectivity index (χ3v) is 1.24. The molecule has 0 saturated carbocycles. The van der Waals surface area contributed by atoms with Gasteiger partial charge in [-0.1, -0.05) is 30.3 Å². The van der Waals surface area contributed by atoms with Crippen molar-refractivity contribution in [2.45, 2.75) is 0 Å². The summed E-state index contributed by atoms with van der Waals surface area (Å²) in [5, 5.41) is 0. The minimum absolute atomic E-state index is 0.324. The van der Waals surface area contributed by atoms with E-state index in [0.717, 1.165) is 0 Å². The van der Waals surface area contributed by atoms with Crippen LogP contribution in [0.2, 0.25) is 0 Å². The van der Waals surface area contributed by atoms with Crippen LogP contribution in [0.3, 0.4) is 0 Å². The van der Waals surface area contributed by atoms with Crippen molar-refractivity contribution >= 4 is 19.4 Å². The van der Waals surface area contributed by atoms with Crippen LogP contribution in [-0.4, -0.2) is 22.1 Å². The molecular formula is C10H12BFO. The molecule has 0 heterocycles. The standard InChI is InChI=1S/C8H6BF.C2H6O/c1-2-6-3-4-7(9)5-8(6)10;1-3-2/h2-5H,1H2;1-2H3. The van der Waals surface area contributed by atoms with Gasteiger partial charge >= 0.3 is 0 Å². The fraction of sp³-hybridized carbons (Fsp3) is 0.200. The second-order valence-corrected chi connectivity index (χ2v) is 2.39. The first kappa shape index (κ1) is 11.9. The van der Waals surface area contributed by atoms with Crippen LogP contribution >= 0.6 is 0 Å². The van der Waals surface area contributed by atoms with Crippen LogP contribution in [0.25, 0.3) is 6.08 Å². The van der Waals surface area contributed by atoms with Gasteiger partial charge in [0.2, 0.25) is 0 Å². The Labute approximate surface area is 79.6 Å². The molecule has 3 heteroatoms. The summed E-state index contributed by atoms with van der Waals surface area (Å²) in [6.07, 6.45) is 1.45. The van der Waals surface area contributed by atoms with Crippen LogP contribution < -0.4 is 5.46 Å². The topological polar surface area (TPSA) is 9.23 Å². The fourth-order valence-corrected chi connectivity index (χ4v) is 0.709. The van der Waals surface area contributed by atoms with Crippen LogP contribution in [0, 0.1) is 5.82 Å². The number of ether oxygens (including phenoxy) is 1. The van der Waals surface area contributed by atoms with Gasteiger partial charge in [-0.2, -0.15) is 0 Å². The normalized spacial score (nSPS) is 8.54. The smallest absolute Gasteiger partial charge is 0.129 e. The Morgan fingerprint density at radius 2 is 2.00 bits per heavy atom. The van der Waals surface area contributed by atoms with Crippen LogP contribution in [0.15, 0.2) is 24.8 Å². The van der Waals surface area contributed by atoms with Crippen molar-refractivity contribution in [2.75, 3.05) is 14.2 Å². The van der Waals surface area contributed by atoms with Crippen molar-refractivity contribution < 1.29 is 9.13 Å². The van der Waals surface area contributed by atoms with Crippen molar-refractivity contribution in [2.24, 2.45) is 0 Å². The molecule has 0 aromatic heterocycles. The summed E-state index contributed by atoms with van der Waals surface area (Å²) in [7, 11) is 8.56. The average molecular weight is 178 g/mol. The lowest BCUT2D eigenvalue weighted by Crippen LogP contribution is -2.02. The SMILES string of the molecule is COC.[B]c1ccc(C=C)c(F)c1. The molecule has 0 aliphatic rings. The maximum atomic E-state index is 12.7. The fourth-order valence-electron chi connectivity index (χ4n) is 0.709. The Hall–Kier alpha value is -1.09. The molecule has 0 spiro atoms. The van der Waals surface area contributed by atoms with E-state index in [1.807, 2.05) is 0 Å². The number of benzene rings is 1. The lowest BCUT2D eigenvalue weighted by atomic mass is 9.95. The van der Waals surface area contributed by atoms with Gasteiger partial charge in [0.15, 0.2) is 0 Å². The van der Waals surface area contributed by atoms with E-state index in [-0.39, 0.29) is 5.82 Å². The molecule has 0 aliphatic heterocycles. The first-order valence-electron chi connectivity index (χ1n) is 3.73. The molecule has 0 unspecified atom stereocenters. The molecule has 0 bridgehead atoms. The monoisotopic (exact) mass is 178 g/mol. The first-order chi connectivity index (χ1) is 6.15. The Balaban J connectivity index is 0.000000424. The zero-order valence-corrected chi connectivity index (χ0v) is 7.88. The van der Waals surface area contributed by atoms with E-state index >= 15 is 0 Å². The van der Waals surface area contributed by atoms with Gasteiger partial charge in [-0.25, -0.2) is 4.39 Å². The summed E-state index contributed by atoms with van der Waals surface area (Å²) < 4.78 is 16.9. The maximum Gasteiger partial charge on any atom is 0.129 e. The predicted octanol–water partition coefficient (Wildman–Crippen LogP) is 1.53. The minimum atomic E-state index is -0.324. The Bertz CT molecular complexity index is 274. The van der Waals surface area contributed by atoms with Crippen LogP contribution in [0.5, 0.6) is 0 Å². The maximum absolute atomic E-state index is 12.7. The van der Waals surface area contributed by atoms with Gasteiger partial charge in [0, 0.05) is 19.8 Å². The zero-order valence-electron chi connectivity index (χ0n) is 7.88. The third-order valence-electron chi connectivity index (χ3n) is 1.24. The zero-order chi connectivity index (χ0) is 10.3. The van der Waals surface area contributed by atoms with Gasteiger partial charge in [-0.05, 0) is 6.07 Å². The molecule has 1 nitrogen and oxygen atoms in total. The highest BCUT2D eigenvalue weighted by Crippen LogP contribution is 2.04. The molecule has 1 aromatic carbocycles. The van der Waals surface area contributed by atoms with Crippen molar-refractivity contribution in [1.29, 1.82) is 0 Å². The summed E-state index contributed by atoms with van der Waals surface area (Å²) in [5.41, 5.74) is 0.914. The highest BCUT2D eigenvalue weighted by Gasteiger charge is 1.95. The summed E-state index contributed by atoms with van der Waals surface area (Å²) >= 11 is 0. The van der Waals surface area contributed by atoms with Crippen LogP contribution in [0.1, 0.15) is 5.56 Å². The molecule has 0 fully saturated rings. The molecular weight excluding hydrogens is 166 g/mol. The summed E-state index contributed by atoms with van der Waals surface area (Å²) in [6, 6.07) is 4.51. The molecule has 1 rings (SSSR count). The molecule has 0 aliphatic carbocycles. The molecule has 1 aromatic rings. The summed E-state index contributed by atoms with van der Waals surface area (Å²) in [4.78, 5) is 0. The molecule has 13 heavy (non-hydrogen) atoms. The summed E-state index contributed by atoms with van der Waals surface area (Å²) in [6.45, 7) is 3.44. The van der Waals surface area contributed by atoms with E-state index in [1.165, 1.54) is 12.1 Å². The van der Waals surface area contributed by atoms with Crippen molar-refractivity contribution in [3.05, 3.63) is 36.2 Å². The van der Waals surface area contributed by atoms with Gasteiger partial charge in [0.05, 0.1) is 0 Å². The minimum Gasteiger partial charge on any atom is -0.388 e.